The first-order chi connectivity index (χ1) is 13.4. The van der Waals surface area contributed by atoms with Crippen LogP contribution in [0.15, 0.2) is 6.20 Å². The molecular formula is C21H30N6O. The SMILES string of the molecule is Cc1nn([C@H](C)CC(=O)N2CCc3nc([C@H]4CCCN4)ncc3C2)c(C)c1C. The Hall–Kier alpha value is -2.28. The molecule has 0 bridgehead atoms. The maximum Gasteiger partial charge on any atom is 0.225 e. The first-order valence-corrected chi connectivity index (χ1v) is 10.3. The number of carbonyl (C=O) groups is 1. The minimum Gasteiger partial charge on any atom is -0.338 e. The van der Waals surface area contributed by atoms with Gasteiger partial charge in [0.1, 0.15) is 5.82 Å². The van der Waals surface area contributed by atoms with Crippen molar-refractivity contribution in [2.24, 2.45) is 0 Å². The zero-order valence-corrected chi connectivity index (χ0v) is 17.3. The van der Waals surface area contributed by atoms with Crippen molar-refractivity contribution < 1.29 is 4.79 Å². The second kappa shape index (κ2) is 7.62. The first kappa shape index (κ1) is 19.1. The predicted octanol–water partition coefficient (Wildman–Crippen LogP) is 2.56. The van der Waals surface area contributed by atoms with Gasteiger partial charge in [-0.2, -0.15) is 5.10 Å². The molecule has 7 heteroatoms. The summed E-state index contributed by atoms with van der Waals surface area (Å²) >= 11 is 0. The minimum absolute atomic E-state index is 0.0494. The highest BCUT2D eigenvalue weighted by atomic mass is 16.2. The van der Waals surface area contributed by atoms with Gasteiger partial charge in [0.15, 0.2) is 0 Å². The topological polar surface area (TPSA) is 75.9 Å². The van der Waals surface area contributed by atoms with E-state index in [4.69, 9.17) is 4.98 Å². The van der Waals surface area contributed by atoms with Crippen LogP contribution < -0.4 is 5.32 Å². The predicted molar refractivity (Wildman–Crippen MR) is 107 cm³/mol. The maximum atomic E-state index is 12.9. The Balaban J connectivity index is 1.42. The fraction of sp³-hybridized carbons (Fsp3) is 0.619. The Labute approximate surface area is 166 Å². The van der Waals surface area contributed by atoms with Crippen LogP contribution in [-0.4, -0.2) is 43.6 Å². The van der Waals surface area contributed by atoms with Crippen LogP contribution in [0.1, 0.15) is 72.3 Å². The van der Waals surface area contributed by atoms with Gasteiger partial charge in [0, 0.05) is 43.4 Å². The second-order valence-corrected chi connectivity index (χ2v) is 8.21. The molecule has 0 unspecified atom stereocenters. The van der Waals surface area contributed by atoms with Crippen LogP contribution in [0.25, 0.3) is 0 Å². The van der Waals surface area contributed by atoms with Gasteiger partial charge in [-0.05, 0) is 52.6 Å². The maximum absolute atomic E-state index is 12.9. The number of hydrogen-bond donors (Lipinski definition) is 1. The molecule has 0 aromatic carbocycles. The standard InChI is InChI=1S/C21H30N6O/c1-13(27-16(4)14(2)15(3)25-27)10-20(28)26-9-7-18-17(12-26)11-23-21(24-18)19-6-5-8-22-19/h11,13,19,22H,5-10,12H2,1-4H3/t13-,19-/m1/s1. The molecule has 0 spiro atoms. The van der Waals surface area contributed by atoms with Crippen LogP contribution in [0.4, 0.5) is 0 Å². The summed E-state index contributed by atoms with van der Waals surface area (Å²) in [5, 5.41) is 8.07. The zero-order valence-electron chi connectivity index (χ0n) is 17.3. The first-order valence-electron chi connectivity index (χ1n) is 10.3. The van der Waals surface area contributed by atoms with E-state index >= 15 is 0 Å². The third kappa shape index (κ3) is 3.55. The molecule has 0 aliphatic carbocycles. The Morgan fingerprint density at radius 3 is 2.86 bits per heavy atom. The molecule has 7 nitrogen and oxygen atoms in total. The quantitative estimate of drug-likeness (QED) is 0.879. The monoisotopic (exact) mass is 382 g/mol. The Morgan fingerprint density at radius 1 is 1.36 bits per heavy atom. The van der Waals surface area contributed by atoms with E-state index in [9.17, 15) is 4.79 Å². The van der Waals surface area contributed by atoms with Crippen molar-refractivity contribution in [3.8, 4) is 0 Å². The van der Waals surface area contributed by atoms with Crippen molar-refractivity contribution >= 4 is 5.91 Å². The van der Waals surface area contributed by atoms with Crippen molar-refractivity contribution in [3.05, 3.63) is 40.2 Å². The van der Waals surface area contributed by atoms with Crippen molar-refractivity contribution in [2.45, 2.75) is 72.0 Å². The van der Waals surface area contributed by atoms with E-state index in [0.717, 1.165) is 54.4 Å². The summed E-state index contributed by atoms with van der Waals surface area (Å²) in [6.07, 6.45) is 5.47. The normalized spacial score (nSPS) is 20.3. The van der Waals surface area contributed by atoms with Crippen molar-refractivity contribution in [1.82, 2.24) is 30.0 Å². The van der Waals surface area contributed by atoms with Crippen molar-refractivity contribution in [2.75, 3.05) is 13.1 Å². The number of carbonyl (C=O) groups excluding carboxylic acids is 1. The lowest BCUT2D eigenvalue weighted by molar-refractivity contribution is -0.133. The van der Waals surface area contributed by atoms with Gasteiger partial charge in [-0.1, -0.05) is 0 Å². The van der Waals surface area contributed by atoms with E-state index in [1.54, 1.807) is 0 Å². The summed E-state index contributed by atoms with van der Waals surface area (Å²) < 4.78 is 1.99. The van der Waals surface area contributed by atoms with Gasteiger partial charge in [-0.3, -0.25) is 9.48 Å². The van der Waals surface area contributed by atoms with Crippen LogP contribution in [0.5, 0.6) is 0 Å². The third-order valence-electron chi connectivity index (χ3n) is 6.25. The fourth-order valence-electron chi connectivity index (χ4n) is 4.26. The van der Waals surface area contributed by atoms with Gasteiger partial charge >= 0.3 is 0 Å². The number of fused-ring (bicyclic) bond motifs is 1. The van der Waals surface area contributed by atoms with E-state index in [0.29, 0.717) is 13.0 Å². The van der Waals surface area contributed by atoms with Crippen LogP contribution in [0, 0.1) is 20.8 Å². The highest BCUT2D eigenvalue weighted by Gasteiger charge is 2.26. The number of amides is 1. The Kier molecular flexibility index (Phi) is 5.19. The molecule has 1 saturated heterocycles. The van der Waals surface area contributed by atoms with E-state index < -0.39 is 0 Å². The number of aryl methyl sites for hydroxylation is 1. The third-order valence-corrected chi connectivity index (χ3v) is 6.25. The van der Waals surface area contributed by atoms with Crippen molar-refractivity contribution in [1.29, 1.82) is 0 Å². The molecule has 2 aliphatic heterocycles. The van der Waals surface area contributed by atoms with Crippen LogP contribution >= 0.6 is 0 Å². The molecular weight excluding hydrogens is 352 g/mol. The molecule has 1 fully saturated rings. The number of hydrogen-bond acceptors (Lipinski definition) is 5. The van der Waals surface area contributed by atoms with E-state index in [2.05, 4.69) is 36.2 Å². The molecule has 2 aromatic heterocycles. The lowest BCUT2D eigenvalue weighted by Gasteiger charge is -2.29. The van der Waals surface area contributed by atoms with Gasteiger partial charge in [-0.15, -0.1) is 0 Å². The molecule has 28 heavy (non-hydrogen) atoms. The van der Waals surface area contributed by atoms with Gasteiger partial charge in [-0.25, -0.2) is 9.97 Å². The molecule has 1 N–H and O–H groups in total. The van der Waals surface area contributed by atoms with Gasteiger partial charge in [0.25, 0.3) is 0 Å². The number of aromatic nitrogens is 4. The average Bonchev–Trinajstić information content (AvgIpc) is 3.32. The van der Waals surface area contributed by atoms with E-state index in [1.807, 2.05) is 22.7 Å². The van der Waals surface area contributed by atoms with Gasteiger partial charge < -0.3 is 10.2 Å². The van der Waals surface area contributed by atoms with Crippen LogP contribution in [-0.2, 0) is 17.8 Å². The number of nitrogens with one attached hydrogen (secondary N) is 1. The summed E-state index contributed by atoms with van der Waals surface area (Å²) in [5.74, 6) is 1.08. The lowest BCUT2D eigenvalue weighted by Crippen LogP contribution is -2.37. The van der Waals surface area contributed by atoms with Crippen LogP contribution in [0.3, 0.4) is 0 Å². The highest BCUT2D eigenvalue weighted by molar-refractivity contribution is 5.77. The Morgan fingerprint density at radius 2 is 2.18 bits per heavy atom. The zero-order chi connectivity index (χ0) is 19.8. The van der Waals surface area contributed by atoms with Crippen molar-refractivity contribution in [3.63, 3.8) is 0 Å². The second-order valence-electron chi connectivity index (χ2n) is 8.21. The van der Waals surface area contributed by atoms with Gasteiger partial charge in [0.2, 0.25) is 5.91 Å². The summed E-state index contributed by atoms with van der Waals surface area (Å²) in [7, 11) is 0. The lowest BCUT2D eigenvalue weighted by atomic mass is 10.1. The van der Waals surface area contributed by atoms with Crippen LogP contribution in [0.2, 0.25) is 0 Å². The summed E-state index contributed by atoms with van der Waals surface area (Å²) in [6, 6.07) is 0.336. The highest BCUT2D eigenvalue weighted by Crippen LogP contribution is 2.25. The molecule has 2 atom stereocenters. The molecule has 1 amide bonds. The molecule has 0 radical (unpaired) electrons. The number of nitrogens with zero attached hydrogens (tertiary/aromatic N) is 5. The van der Waals surface area contributed by atoms with Gasteiger partial charge in [0.05, 0.1) is 23.5 Å². The minimum atomic E-state index is 0.0494. The molecule has 4 rings (SSSR count). The fourth-order valence-corrected chi connectivity index (χ4v) is 4.26. The van der Waals surface area contributed by atoms with E-state index in [-0.39, 0.29) is 18.0 Å². The summed E-state index contributed by atoms with van der Waals surface area (Å²) in [4.78, 5) is 24.2. The molecule has 0 saturated carbocycles. The van der Waals surface area contributed by atoms with E-state index in [1.165, 1.54) is 12.0 Å². The molecule has 2 aromatic rings. The molecule has 4 heterocycles. The molecule has 150 valence electrons. The number of rotatable bonds is 4. The summed E-state index contributed by atoms with van der Waals surface area (Å²) in [5.41, 5.74) is 5.56. The average molecular weight is 383 g/mol. The summed E-state index contributed by atoms with van der Waals surface area (Å²) in [6.45, 7) is 10.6. The molecule has 2 aliphatic rings. The largest absolute Gasteiger partial charge is 0.338 e. The smallest absolute Gasteiger partial charge is 0.225 e. The Bertz CT molecular complexity index is 883.